The summed E-state index contributed by atoms with van der Waals surface area (Å²) < 4.78 is 2.51. The minimum absolute atomic E-state index is 0.540. The lowest BCUT2D eigenvalue weighted by molar-refractivity contribution is 0.794. The Morgan fingerprint density at radius 3 is 1.55 bits per heavy atom. The third-order valence-corrected chi connectivity index (χ3v) is 14.2. The van der Waals surface area contributed by atoms with E-state index in [2.05, 4.69) is 206 Å². The molecule has 0 N–H and O–H groups in total. The van der Waals surface area contributed by atoms with Gasteiger partial charge in [0.25, 0.3) is 0 Å². The van der Waals surface area contributed by atoms with Crippen molar-refractivity contribution in [1.82, 2.24) is 9.97 Å². The number of rotatable bonds is 4. The van der Waals surface area contributed by atoms with Crippen molar-refractivity contribution in [2.75, 3.05) is 0 Å². The molecule has 9 aromatic carbocycles. The molecule has 13 rings (SSSR count). The SMILES string of the molecule is c1ccc(-c2cccc3ccccc23)c(-c2cc(-c3cccc4c3sc3ccccc34)nc(-c3cccc4c3C3(c5ccccc5-c5ccccc53)c3ccccc3-4)n2)c1. The number of nitrogens with zero attached hydrogens (tertiary/aromatic N) is 2. The first-order chi connectivity index (χ1) is 29.8. The van der Waals surface area contributed by atoms with Crippen LogP contribution in [0, 0.1) is 0 Å². The summed E-state index contributed by atoms with van der Waals surface area (Å²) in [5.74, 6) is 0.722. The zero-order valence-corrected chi connectivity index (χ0v) is 33.2. The highest BCUT2D eigenvalue weighted by molar-refractivity contribution is 7.26. The van der Waals surface area contributed by atoms with Crippen LogP contribution >= 0.6 is 11.3 Å². The Morgan fingerprint density at radius 2 is 0.800 bits per heavy atom. The van der Waals surface area contributed by atoms with Crippen molar-refractivity contribution in [1.29, 1.82) is 0 Å². The molecule has 0 saturated carbocycles. The fourth-order valence-corrected chi connectivity index (χ4v) is 11.8. The van der Waals surface area contributed by atoms with Crippen LogP contribution in [0.4, 0.5) is 0 Å². The zero-order chi connectivity index (χ0) is 39.4. The largest absolute Gasteiger partial charge is 0.228 e. The van der Waals surface area contributed by atoms with Gasteiger partial charge < -0.3 is 0 Å². The van der Waals surface area contributed by atoms with Crippen LogP contribution in [0.25, 0.3) is 98.2 Å². The fourth-order valence-electron chi connectivity index (χ4n) is 10.5. The second-order valence-corrected chi connectivity index (χ2v) is 17.0. The molecule has 3 heteroatoms. The Balaban J connectivity index is 1.13. The highest BCUT2D eigenvalue weighted by Gasteiger charge is 2.52. The molecule has 2 aliphatic carbocycles. The van der Waals surface area contributed by atoms with E-state index in [9.17, 15) is 0 Å². The molecule has 0 amide bonds. The molecular weight excluding hydrogens is 745 g/mol. The normalized spacial score (nSPS) is 13.1. The van der Waals surface area contributed by atoms with Gasteiger partial charge in [-0.2, -0.15) is 0 Å². The summed E-state index contributed by atoms with van der Waals surface area (Å²) in [6.07, 6.45) is 0. The van der Waals surface area contributed by atoms with Crippen molar-refractivity contribution in [2.45, 2.75) is 5.41 Å². The topological polar surface area (TPSA) is 25.8 Å². The summed E-state index contributed by atoms with van der Waals surface area (Å²) in [6.45, 7) is 0. The molecule has 0 radical (unpaired) electrons. The molecule has 0 fully saturated rings. The average Bonchev–Trinajstić information content (AvgIpc) is 3.96. The Labute approximate surface area is 351 Å². The van der Waals surface area contributed by atoms with Crippen LogP contribution < -0.4 is 0 Å². The summed E-state index contributed by atoms with van der Waals surface area (Å²) in [7, 11) is 0. The minimum atomic E-state index is -0.540. The molecule has 1 spiro atoms. The maximum Gasteiger partial charge on any atom is 0.160 e. The van der Waals surface area contributed by atoms with Crippen molar-refractivity contribution in [2.24, 2.45) is 0 Å². The molecule has 2 heterocycles. The van der Waals surface area contributed by atoms with Gasteiger partial charge in [0.1, 0.15) is 0 Å². The van der Waals surface area contributed by atoms with Gasteiger partial charge in [0.15, 0.2) is 5.82 Å². The molecule has 11 aromatic rings. The molecule has 0 saturated heterocycles. The monoisotopic (exact) mass is 778 g/mol. The molecule has 278 valence electrons. The number of fused-ring (bicyclic) bond motifs is 14. The molecule has 2 aliphatic rings. The van der Waals surface area contributed by atoms with E-state index in [4.69, 9.17) is 9.97 Å². The summed E-state index contributed by atoms with van der Waals surface area (Å²) in [4.78, 5) is 11.4. The van der Waals surface area contributed by atoms with Crippen LogP contribution in [0.1, 0.15) is 22.3 Å². The van der Waals surface area contributed by atoms with Gasteiger partial charge in [-0.1, -0.05) is 194 Å². The molecule has 60 heavy (non-hydrogen) atoms. The van der Waals surface area contributed by atoms with Gasteiger partial charge in [-0.25, -0.2) is 9.97 Å². The van der Waals surface area contributed by atoms with Crippen LogP contribution in [0.3, 0.4) is 0 Å². The quantitative estimate of drug-likeness (QED) is 0.178. The number of hydrogen-bond acceptors (Lipinski definition) is 3. The standard InChI is InChI=1S/C57H34N2S/c1-2-18-36-35(16-1)17-13-25-37(36)38-19-3-4-23-42(38)51-34-52(46-28-15-27-45-43-24-8-12-33-53(43)60-55(45)46)59-56(58-51)47-29-14-26-44-41-22-7-11-32-50(41)57(54(44)47)48-30-9-5-20-39(48)40-21-6-10-31-49(40)57/h1-34H. The zero-order valence-electron chi connectivity index (χ0n) is 32.4. The predicted molar refractivity (Wildman–Crippen MR) is 250 cm³/mol. The maximum absolute atomic E-state index is 5.69. The van der Waals surface area contributed by atoms with Gasteiger partial charge in [-0.3, -0.25) is 0 Å². The number of benzene rings is 9. The summed E-state index contributed by atoms with van der Waals surface area (Å²) in [5.41, 5.74) is 17.0. The second-order valence-electron chi connectivity index (χ2n) is 15.9. The van der Waals surface area contributed by atoms with E-state index >= 15 is 0 Å². The molecule has 2 nitrogen and oxygen atoms in total. The molecular formula is C57H34N2S. The first kappa shape index (κ1) is 33.5. The van der Waals surface area contributed by atoms with Gasteiger partial charge in [0, 0.05) is 36.9 Å². The summed E-state index contributed by atoms with van der Waals surface area (Å²) in [5, 5.41) is 4.96. The number of aromatic nitrogens is 2. The third-order valence-electron chi connectivity index (χ3n) is 12.9. The highest BCUT2D eigenvalue weighted by Crippen LogP contribution is 2.64. The maximum atomic E-state index is 5.69. The molecule has 0 atom stereocenters. The third kappa shape index (κ3) is 4.58. The van der Waals surface area contributed by atoms with Crippen LogP contribution in [0.5, 0.6) is 0 Å². The van der Waals surface area contributed by atoms with Crippen molar-refractivity contribution in [3.63, 3.8) is 0 Å². The van der Waals surface area contributed by atoms with E-state index in [1.165, 1.54) is 81.0 Å². The molecule has 0 unspecified atom stereocenters. The lowest BCUT2D eigenvalue weighted by Gasteiger charge is -2.32. The smallest absolute Gasteiger partial charge is 0.160 e. The van der Waals surface area contributed by atoms with Crippen LogP contribution in [-0.4, -0.2) is 9.97 Å². The lowest BCUT2D eigenvalue weighted by atomic mass is 9.69. The number of hydrogen-bond donors (Lipinski definition) is 0. The molecule has 2 aromatic heterocycles. The second kappa shape index (κ2) is 12.8. The van der Waals surface area contributed by atoms with Gasteiger partial charge in [0.05, 0.1) is 16.8 Å². The first-order valence-corrected chi connectivity index (χ1v) is 21.4. The first-order valence-electron chi connectivity index (χ1n) is 20.6. The van der Waals surface area contributed by atoms with E-state index in [1.54, 1.807) is 0 Å². The molecule has 0 aliphatic heterocycles. The minimum Gasteiger partial charge on any atom is -0.228 e. The van der Waals surface area contributed by atoms with Crippen molar-refractivity contribution < 1.29 is 0 Å². The Hall–Kier alpha value is -7.46. The number of thiophene rings is 1. The van der Waals surface area contributed by atoms with Gasteiger partial charge in [-0.05, 0) is 78.5 Å². The van der Waals surface area contributed by atoms with Crippen LogP contribution in [0.15, 0.2) is 206 Å². The van der Waals surface area contributed by atoms with E-state index in [1.807, 2.05) is 11.3 Å². The predicted octanol–water partition coefficient (Wildman–Crippen LogP) is 15.0. The summed E-state index contributed by atoms with van der Waals surface area (Å²) >= 11 is 1.84. The van der Waals surface area contributed by atoms with E-state index < -0.39 is 5.41 Å². The lowest BCUT2D eigenvalue weighted by Crippen LogP contribution is -2.26. The Kier molecular flexibility index (Phi) is 7.13. The molecule has 0 bridgehead atoms. The van der Waals surface area contributed by atoms with E-state index in [0.717, 1.165) is 39.5 Å². The van der Waals surface area contributed by atoms with Gasteiger partial charge in [0.2, 0.25) is 0 Å². The Bertz CT molecular complexity index is 3510. The van der Waals surface area contributed by atoms with Crippen molar-refractivity contribution in [3.8, 4) is 67.3 Å². The van der Waals surface area contributed by atoms with E-state index in [0.29, 0.717) is 0 Å². The Morgan fingerprint density at radius 1 is 0.333 bits per heavy atom. The van der Waals surface area contributed by atoms with Gasteiger partial charge >= 0.3 is 0 Å². The van der Waals surface area contributed by atoms with Crippen LogP contribution in [-0.2, 0) is 5.41 Å². The average molecular weight is 779 g/mol. The van der Waals surface area contributed by atoms with Crippen molar-refractivity contribution >= 4 is 42.3 Å². The van der Waals surface area contributed by atoms with E-state index in [-0.39, 0.29) is 0 Å². The summed E-state index contributed by atoms with van der Waals surface area (Å²) in [6, 6.07) is 75.3. The van der Waals surface area contributed by atoms with Crippen LogP contribution in [0.2, 0.25) is 0 Å². The van der Waals surface area contributed by atoms with Crippen molar-refractivity contribution in [3.05, 3.63) is 229 Å². The highest BCUT2D eigenvalue weighted by atomic mass is 32.1. The fraction of sp³-hybridized carbons (Fsp3) is 0.0175. The van der Waals surface area contributed by atoms with Gasteiger partial charge in [-0.15, -0.1) is 11.3 Å².